The number of pyridine rings is 1. The minimum absolute atomic E-state index is 0.0223. The summed E-state index contributed by atoms with van der Waals surface area (Å²) < 4.78 is 62.3. The highest BCUT2D eigenvalue weighted by Gasteiger charge is 2.29. The number of anilines is 4. The first-order valence-electron chi connectivity index (χ1n) is 14.3. The van der Waals surface area contributed by atoms with Crippen molar-refractivity contribution in [2.45, 2.75) is 64.5 Å². The van der Waals surface area contributed by atoms with Crippen LogP contribution in [0.3, 0.4) is 0 Å². The summed E-state index contributed by atoms with van der Waals surface area (Å²) in [5.41, 5.74) is 3.82. The van der Waals surface area contributed by atoms with E-state index in [2.05, 4.69) is 35.6 Å². The van der Waals surface area contributed by atoms with Crippen LogP contribution in [0.25, 0.3) is 21.7 Å². The number of hydrogen-bond donors (Lipinski definition) is 2. The Morgan fingerprint density at radius 3 is 2.40 bits per heavy atom. The van der Waals surface area contributed by atoms with E-state index in [1.807, 2.05) is 27.7 Å². The number of thiazole rings is 1. The molecule has 15 heteroatoms. The molecular formula is C30H32F2N8O3S2. The third kappa shape index (κ3) is 6.24. The standard InChI is InChI=1S/C30H32F2N8O3S2/c1-15-16(2)34-24(14-33-15)37-23-13-21(26-28(38-23)40(29(39-26)27(31)32)25-8-6-7-11-43-25)36-20-10-9-19(12-22(20)45(5,41)42)30-35-17(3)18(4)44-30/h9-10,12-14,25,27H,6-8,11H2,1-5H3,(H2,34,36,37,38). The van der Waals surface area contributed by atoms with Gasteiger partial charge in [-0.05, 0) is 65.2 Å². The van der Waals surface area contributed by atoms with E-state index in [0.717, 1.165) is 35.4 Å². The highest BCUT2D eigenvalue weighted by molar-refractivity contribution is 7.90. The van der Waals surface area contributed by atoms with Gasteiger partial charge in [-0.15, -0.1) is 11.3 Å². The van der Waals surface area contributed by atoms with Crippen molar-refractivity contribution in [3.8, 4) is 10.6 Å². The Kier molecular flexibility index (Phi) is 8.26. The van der Waals surface area contributed by atoms with Crippen LogP contribution >= 0.6 is 11.3 Å². The summed E-state index contributed by atoms with van der Waals surface area (Å²) in [5, 5.41) is 6.99. The molecule has 2 N–H and O–H groups in total. The third-order valence-corrected chi connectivity index (χ3v) is 9.95. The van der Waals surface area contributed by atoms with Gasteiger partial charge in [0.15, 0.2) is 21.3 Å². The molecule has 0 radical (unpaired) electrons. The molecule has 6 rings (SSSR count). The van der Waals surface area contributed by atoms with Crippen LogP contribution in [0.1, 0.15) is 59.7 Å². The van der Waals surface area contributed by atoms with Crippen molar-refractivity contribution in [1.29, 1.82) is 0 Å². The molecule has 1 unspecified atom stereocenters. The molecule has 0 bridgehead atoms. The predicted octanol–water partition coefficient (Wildman–Crippen LogP) is 7.11. The highest BCUT2D eigenvalue weighted by atomic mass is 32.2. The lowest BCUT2D eigenvalue weighted by Crippen LogP contribution is -2.20. The van der Waals surface area contributed by atoms with Gasteiger partial charge in [0, 0.05) is 29.4 Å². The van der Waals surface area contributed by atoms with Crippen LogP contribution in [0.5, 0.6) is 0 Å². The number of nitrogens with one attached hydrogen (secondary N) is 2. The first-order valence-corrected chi connectivity index (χ1v) is 17.0. The smallest absolute Gasteiger partial charge is 0.295 e. The van der Waals surface area contributed by atoms with E-state index < -0.39 is 28.3 Å². The summed E-state index contributed by atoms with van der Waals surface area (Å²) in [6, 6.07) is 6.56. The van der Waals surface area contributed by atoms with Crippen molar-refractivity contribution < 1.29 is 21.9 Å². The molecule has 1 aliphatic rings. The van der Waals surface area contributed by atoms with Crippen LogP contribution < -0.4 is 10.6 Å². The molecule has 45 heavy (non-hydrogen) atoms. The zero-order valence-electron chi connectivity index (χ0n) is 25.4. The molecule has 1 fully saturated rings. The Labute approximate surface area is 263 Å². The Morgan fingerprint density at radius 2 is 1.76 bits per heavy atom. The van der Waals surface area contributed by atoms with Gasteiger partial charge in [0.05, 0.1) is 39.5 Å². The normalized spacial score (nSPS) is 15.6. The molecule has 0 aliphatic carbocycles. The Morgan fingerprint density at radius 1 is 0.956 bits per heavy atom. The Balaban J connectivity index is 1.52. The molecule has 5 aromatic rings. The maximum Gasteiger partial charge on any atom is 0.295 e. The zero-order valence-corrected chi connectivity index (χ0v) is 27.0. The fourth-order valence-electron chi connectivity index (χ4n) is 5.14. The number of ether oxygens (including phenoxy) is 1. The summed E-state index contributed by atoms with van der Waals surface area (Å²) in [4.78, 5) is 23.5. The second-order valence-electron chi connectivity index (χ2n) is 11.0. The van der Waals surface area contributed by atoms with E-state index in [-0.39, 0.29) is 33.3 Å². The molecule has 5 heterocycles. The predicted molar refractivity (Wildman–Crippen MR) is 170 cm³/mol. The molecule has 1 aliphatic heterocycles. The lowest BCUT2D eigenvalue weighted by atomic mass is 10.2. The number of halogens is 2. The van der Waals surface area contributed by atoms with E-state index in [9.17, 15) is 17.2 Å². The number of nitrogens with zero attached hydrogens (tertiary/aromatic N) is 6. The molecular weight excluding hydrogens is 623 g/mol. The fraction of sp³-hybridized carbons (Fsp3) is 0.367. The van der Waals surface area contributed by atoms with Crippen molar-refractivity contribution in [3.63, 3.8) is 0 Å². The lowest BCUT2D eigenvalue weighted by Gasteiger charge is -2.25. The molecule has 0 saturated carbocycles. The molecule has 0 amide bonds. The summed E-state index contributed by atoms with van der Waals surface area (Å²) in [6.45, 7) is 7.95. The Bertz CT molecular complexity index is 2000. The lowest BCUT2D eigenvalue weighted by molar-refractivity contribution is -0.0363. The number of fused-ring (bicyclic) bond motifs is 1. The number of rotatable bonds is 8. The van der Waals surface area contributed by atoms with E-state index in [0.29, 0.717) is 35.1 Å². The minimum Gasteiger partial charge on any atom is -0.358 e. The summed E-state index contributed by atoms with van der Waals surface area (Å²) >= 11 is 1.47. The van der Waals surface area contributed by atoms with Crippen LogP contribution in [-0.4, -0.2) is 50.8 Å². The average Bonchev–Trinajstić information content (AvgIpc) is 3.55. The van der Waals surface area contributed by atoms with Gasteiger partial charge in [-0.25, -0.2) is 37.1 Å². The molecule has 4 aromatic heterocycles. The van der Waals surface area contributed by atoms with Crippen molar-refractivity contribution in [3.05, 3.63) is 58.2 Å². The average molecular weight is 655 g/mol. The monoisotopic (exact) mass is 654 g/mol. The molecule has 1 atom stereocenters. The van der Waals surface area contributed by atoms with Gasteiger partial charge in [-0.1, -0.05) is 0 Å². The SMILES string of the molecule is Cc1ncc(Nc2cc(Nc3ccc(-c4nc(C)c(C)s4)cc3S(C)(=O)=O)c3nc(C(F)F)n(C4CCCCO4)c3n2)nc1C. The number of alkyl halides is 2. The van der Waals surface area contributed by atoms with Crippen molar-refractivity contribution in [2.75, 3.05) is 23.5 Å². The maximum atomic E-state index is 14.5. The highest BCUT2D eigenvalue weighted by Crippen LogP contribution is 2.39. The number of aryl methyl sites for hydroxylation is 4. The second kappa shape index (κ2) is 12.0. The van der Waals surface area contributed by atoms with E-state index in [4.69, 9.17) is 4.74 Å². The summed E-state index contributed by atoms with van der Waals surface area (Å²) in [7, 11) is -3.74. The van der Waals surface area contributed by atoms with Crippen LogP contribution in [0.15, 0.2) is 35.4 Å². The third-order valence-electron chi connectivity index (χ3n) is 7.69. The van der Waals surface area contributed by atoms with Crippen LogP contribution in [-0.2, 0) is 14.6 Å². The van der Waals surface area contributed by atoms with Gasteiger partial charge >= 0.3 is 0 Å². The number of aromatic nitrogens is 6. The first-order chi connectivity index (χ1) is 21.4. The number of hydrogen-bond acceptors (Lipinski definition) is 11. The number of imidazole rings is 1. The van der Waals surface area contributed by atoms with E-state index in [1.54, 1.807) is 30.5 Å². The van der Waals surface area contributed by atoms with Gasteiger partial charge in [-0.3, -0.25) is 9.55 Å². The fourth-order valence-corrected chi connectivity index (χ4v) is 6.91. The van der Waals surface area contributed by atoms with Gasteiger partial charge in [0.25, 0.3) is 6.43 Å². The van der Waals surface area contributed by atoms with E-state index in [1.165, 1.54) is 15.9 Å². The maximum absolute atomic E-state index is 14.5. The largest absolute Gasteiger partial charge is 0.358 e. The number of sulfone groups is 1. The summed E-state index contributed by atoms with van der Waals surface area (Å²) in [6.07, 6.45) is 1.23. The van der Waals surface area contributed by atoms with Gasteiger partial charge in [-0.2, -0.15) is 0 Å². The molecule has 11 nitrogen and oxygen atoms in total. The first kappa shape index (κ1) is 30.9. The van der Waals surface area contributed by atoms with E-state index >= 15 is 0 Å². The molecule has 1 aromatic carbocycles. The van der Waals surface area contributed by atoms with Gasteiger partial charge < -0.3 is 15.4 Å². The van der Waals surface area contributed by atoms with Crippen molar-refractivity contribution >= 4 is 55.3 Å². The van der Waals surface area contributed by atoms with Crippen molar-refractivity contribution in [1.82, 2.24) is 29.5 Å². The van der Waals surface area contributed by atoms with Crippen LogP contribution in [0.2, 0.25) is 0 Å². The quantitative estimate of drug-likeness (QED) is 0.178. The summed E-state index contributed by atoms with van der Waals surface area (Å²) in [5.74, 6) is 0.190. The molecule has 1 saturated heterocycles. The zero-order chi connectivity index (χ0) is 32.0. The van der Waals surface area contributed by atoms with Crippen LogP contribution in [0, 0.1) is 27.7 Å². The topological polar surface area (TPSA) is 137 Å². The molecule has 236 valence electrons. The second-order valence-corrected chi connectivity index (χ2v) is 14.2. The van der Waals surface area contributed by atoms with Gasteiger partial charge in [0.1, 0.15) is 28.4 Å². The molecule has 0 spiro atoms. The van der Waals surface area contributed by atoms with Gasteiger partial charge in [0.2, 0.25) is 0 Å². The Hall–Kier alpha value is -4.08. The number of benzene rings is 1. The van der Waals surface area contributed by atoms with Crippen LogP contribution in [0.4, 0.5) is 31.8 Å². The van der Waals surface area contributed by atoms with Crippen molar-refractivity contribution in [2.24, 2.45) is 0 Å². The minimum atomic E-state index is -3.74.